The molecule has 1 aromatic carbocycles. The third kappa shape index (κ3) is 2.26. The summed E-state index contributed by atoms with van der Waals surface area (Å²) in [4.78, 5) is 15.5. The molecule has 0 spiro atoms. The van der Waals surface area contributed by atoms with Crippen LogP contribution in [-0.2, 0) is 6.42 Å². The van der Waals surface area contributed by atoms with Crippen LogP contribution >= 0.6 is 0 Å². The molecule has 2 aromatic rings. The molecule has 0 aliphatic carbocycles. The molecule has 0 aliphatic heterocycles. The Labute approximate surface area is 102 Å². The van der Waals surface area contributed by atoms with E-state index >= 15 is 0 Å². The molecule has 0 saturated heterocycles. The number of hydrogen-bond acceptors (Lipinski definition) is 1. The van der Waals surface area contributed by atoms with Crippen molar-refractivity contribution in [1.29, 1.82) is 0 Å². The first-order chi connectivity index (χ1) is 8.13. The fourth-order valence-corrected chi connectivity index (χ4v) is 2.14. The van der Waals surface area contributed by atoms with Gasteiger partial charge in [0.15, 0.2) is 5.43 Å². The maximum Gasteiger partial charge on any atom is 0.189 e. The zero-order valence-corrected chi connectivity index (χ0v) is 10.7. The average Bonchev–Trinajstić information content (AvgIpc) is 2.30. The number of fused-ring (bicyclic) bond motifs is 1. The van der Waals surface area contributed by atoms with Crippen molar-refractivity contribution in [3.05, 3.63) is 45.7 Å². The second-order valence-electron chi connectivity index (χ2n) is 4.83. The molecule has 0 aliphatic rings. The highest BCUT2D eigenvalue weighted by Crippen LogP contribution is 2.18. The lowest BCUT2D eigenvalue weighted by Gasteiger charge is -2.10. The maximum absolute atomic E-state index is 12.0. The van der Waals surface area contributed by atoms with Crippen LogP contribution in [0, 0.1) is 0 Å². The summed E-state index contributed by atoms with van der Waals surface area (Å²) in [6, 6.07) is 7.70. The number of rotatable bonds is 3. The van der Waals surface area contributed by atoms with Crippen LogP contribution < -0.4 is 5.43 Å². The highest BCUT2D eigenvalue weighted by Gasteiger charge is 2.07. The molecule has 0 atom stereocenters. The van der Waals surface area contributed by atoms with E-state index in [9.17, 15) is 4.79 Å². The minimum Gasteiger partial charge on any atom is -0.358 e. The predicted octanol–water partition coefficient (Wildman–Crippen LogP) is 3.60. The normalized spacial score (nSPS) is 11.3. The van der Waals surface area contributed by atoms with Crippen LogP contribution in [0.25, 0.3) is 10.9 Å². The molecule has 1 aromatic heterocycles. The lowest BCUT2D eigenvalue weighted by molar-refractivity contribution is 0.826. The number of nitrogens with one attached hydrogen (secondary N) is 1. The Kier molecular flexibility index (Phi) is 3.32. The summed E-state index contributed by atoms with van der Waals surface area (Å²) in [6.07, 6.45) is 2.10. The standard InChI is InChI=1S/C15H19NO/c1-4-6-11-7-5-8-12-14(17)9-13(10(2)3)16-15(11)12/h5,7-10H,4,6H2,1-3H3,(H,16,17). The second kappa shape index (κ2) is 4.74. The SMILES string of the molecule is CCCc1cccc2c(=O)cc(C(C)C)[nH]c12. The molecule has 2 nitrogen and oxygen atoms in total. The van der Waals surface area contributed by atoms with Crippen molar-refractivity contribution in [3.63, 3.8) is 0 Å². The molecule has 0 unspecified atom stereocenters. The van der Waals surface area contributed by atoms with Crippen LogP contribution in [-0.4, -0.2) is 4.98 Å². The molecule has 17 heavy (non-hydrogen) atoms. The lowest BCUT2D eigenvalue weighted by Crippen LogP contribution is -2.07. The number of H-pyrrole nitrogens is 1. The number of aryl methyl sites for hydroxylation is 1. The molecule has 0 bridgehead atoms. The van der Waals surface area contributed by atoms with Crippen LogP contribution in [0.3, 0.4) is 0 Å². The van der Waals surface area contributed by atoms with Crippen molar-refractivity contribution in [2.45, 2.75) is 39.5 Å². The molecule has 0 saturated carbocycles. The van der Waals surface area contributed by atoms with Gasteiger partial charge in [0.25, 0.3) is 0 Å². The quantitative estimate of drug-likeness (QED) is 0.857. The maximum atomic E-state index is 12.0. The van der Waals surface area contributed by atoms with E-state index in [1.165, 1.54) is 5.56 Å². The van der Waals surface area contributed by atoms with Crippen LogP contribution in [0.2, 0.25) is 0 Å². The van der Waals surface area contributed by atoms with E-state index in [0.29, 0.717) is 5.92 Å². The van der Waals surface area contributed by atoms with Gasteiger partial charge >= 0.3 is 0 Å². The van der Waals surface area contributed by atoms with E-state index in [2.05, 4.69) is 31.8 Å². The Bertz CT molecular complexity index is 581. The van der Waals surface area contributed by atoms with Gasteiger partial charge in [-0.3, -0.25) is 4.79 Å². The van der Waals surface area contributed by atoms with Gasteiger partial charge in [-0.05, 0) is 24.0 Å². The van der Waals surface area contributed by atoms with Gasteiger partial charge in [0.1, 0.15) is 0 Å². The van der Waals surface area contributed by atoms with E-state index in [0.717, 1.165) is 29.4 Å². The molecule has 2 rings (SSSR count). The third-order valence-corrected chi connectivity index (χ3v) is 3.11. The smallest absolute Gasteiger partial charge is 0.189 e. The van der Waals surface area contributed by atoms with E-state index in [4.69, 9.17) is 0 Å². The minimum atomic E-state index is 0.125. The van der Waals surface area contributed by atoms with Gasteiger partial charge in [-0.25, -0.2) is 0 Å². The number of pyridine rings is 1. The molecular formula is C15H19NO. The summed E-state index contributed by atoms with van der Waals surface area (Å²) in [7, 11) is 0. The molecule has 0 fully saturated rings. The minimum absolute atomic E-state index is 0.125. The fourth-order valence-electron chi connectivity index (χ4n) is 2.14. The van der Waals surface area contributed by atoms with Gasteiger partial charge < -0.3 is 4.98 Å². The average molecular weight is 229 g/mol. The van der Waals surface area contributed by atoms with E-state index in [1.54, 1.807) is 6.07 Å². The number of benzene rings is 1. The second-order valence-corrected chi connectivity index (χ2v) is 4.83. The fraction of sp³-hybridized carbons (Fsp3) is 0.400. The lowest BCUT2D eigenvalue weighted by atomic mass is 10.0. The molecule has 2 heteroatoms. The highest BCUT2D eigenvalue weighted by atomic mass is 16.1. The Hall–Kier alpha value is -1.57. The van der Waals surface area contributed by atoms with E-state index in [1.807, 2.05) is 12.1 Å². The molecule has 1 heterocycles. The Morgan fingerprint density at radius 3 is 2.71 bits per heavy atom. The largest absolute Gasteiger partial charge is 0.358 e. The Balaban J connectivity index is 2.74. The van der Waals surface area contributed by atoms with Gasteiger partial charge in [0.05, 0.1) is 5.52 Å². The van der Waals surface area contributed by atoms with Crippen molar-refractivity contribution in [3.8, 4) is 0 Å². The van der Waals surface area contributed by atoms with Crippen molar-refractivity contribution in [2.75, 3.05) is 0 Å². The van der Waals surface area contributed by atoms with Crippen molar-refractivity contribution in [1.82, 2.24) is 4.98 Å². The van der Waals surface area contributed by atoms with Gasteiger partial charge in [-0.15, -0.1) is 0 Å². The first-order valence-corrected chi connectivity index (χ1v) is 6.28. The van der Waals surface area contributed by atoms with Gasteiger partial charge in [-0.2, -0.15) is 0 Å². The van der Waals surface area contributed by atoms with Crippen LogP contribution in [0.15, 0.2) is 29.1 Å². The summed E-state index contributed by atoms with van der Waals surface area (Å²) < 4.78 is 0. The van der Waals surface area contributed by atoms with Gasteiger partial charge in [0.2, 0.25) is 0 Å². The summed E-state index contributed by atoms with van der Waals surface area (Å²) in [5, 5.41) is 0.806. The topological polar surface area (TPSA) is 32.9 Å². The molecular weight excluding hydrogens is 210 g/mol. The Morgan fingerprint density at radius 1 is 1.29 bits per heavy atom. The van der Waals surface area contributed by atoms with Crippen molar-refractivity contribution >= 4 is 10.9 Å². The zero-order chi connectivity index (χ0) is 12.4. The highest BCUT2D eigenvalue weighted by molar-refractivity contribution is 5.81. The van der Waals surface area contributed by atoms with Crippen LogP contribution in [0.1, 0.15) is 44.4 Å². The number of aromatic amines is 1. The monoisotopic (exact) mass is 229 g/mol. The summed E-state index contributed by atoms with van der Waals surface area (Å²) in [6.45, 7) is 6.35. The molecule has 1 N–H and O–H groups in total. The molecule has 0 amide bonds. The van der Waals surface area contributed by atoms with Gasteiger partial charge in [-0.1, -0.05) is 39.3 Å². The zero-order valence-electron chi connectivity index (χ0n) is 10.7. The van der Waals surface area contributed by atoms with Crippen LogP contribution in [0.5, 0.6) is 0 Å². The van der Waals surface area contributed by atoms with Crippen molar-refractivity contribution < 1.29 is 0 Å². The first-order valence-electron chi connectivity index (χ1n) is 6.28. The van der Waals surface area contributed by atoms with Crippen molar-refractivity contribution in [2.24, 2.45) is 0 Å². The molecule has 90 valence electrons. The first kappa shape index (κ1) is 11.9. The number of aromatic nitrogens is 1. The summed E-state index contributed by atoms with van der Waals surface area (Å²) >= 11 is 0. The number of hydrogen-bond donors (Lipinski definition) is 1. The van der Waals surface area contributed by atoms with E-state index in [-0.39, 0.29) is 5.43 Å². The molecule has 0 radical (unpaired) electrons. The number of para-hydroxylation sites is 1. The third-order valence-electron chi connectivity index (χ3n) is 3.11. The van der Waals surface area contributed by atoms with Crippen LogP contribution in [0.4, 0.5) is 0 Å². The van der Waals surface area contributed by atoms with Gasteiger partial charge in [0, 0.05) is 17.1 Å². The summed E-state index contributed by atoms with van der Waals surface area (Å²) in [5.41, 5.74) is 3.40. The predicted molar refractivity (Wildman–Crippen MR) is 72.7 cm³/mol. The Morgan fingerprint density at radius 2 is 2.06 bits per heavy atom. The van der Waals surface area contributed by atoms with E-state index < -0.39 is 0 Å². The summed E-state index contributed by atoms with van der Waals surface area (Å²) in [5.74, 6) is 0.349.